The third-order valence-electron chi connectivity index (χ3n) is 6.50. The number of likely N-dealkylation sites (tertiary alicyclic amines) is 1. The summed E-state index contributed by atoms with van der Waals surface area (Å²) in [7, 11) is 2.06. The van der Waals surface area contributed by atoms with Crippen LogP contribution in [0.1, 0.15) is 16.9 Å². The Bertz CT molecular complexity index is 1510. The lowest BCUT2D eigenvalue weighted by molar-refractivity contribution is 0.0786. The number of carbonyl (C=O) groups is 1. The van der Waals surface area contributed by atoms with Crippen molar-refractivity contribution in [3.05, 3.63) is 85.1 Å². The molecule has 1 fully saturated rings. The molecule has 1 amide bonds. The van der Waals surface area contributed by atoms with Crippen molar-refractivity contribution in [3.63, 3.8) is 0 Å². The molecule has 7 heteroatoms. The third-order valence-corrected chi connectivity index (χ3v) is 6.50. The number of amides is 1. The number of rotatable bonds is 4. The molecule has 0 radical (unpaired) electrons. The zero-order valence-corrected chi connectivity index (χ0v) is 18.8. The first-order valence-electron chi connectivity index (χ1n) is 11.4. The Balaban J connectivity index is 1.31. The maximum absolute atomic E-state index is 12.8. The molecule has 7 nitrogen and oxygen atoms in total. The van der Waals surface area contributed by atoms with Crippen LogP contribution in [0.5, 0.6) is 0 Å². The van der Waals surface area contributed by atoms with Gasteiger partial charge in [-0.1, -0.05) is 18.2 Å². The average molecular weight is 449 g/mol. The van der Waals surface area contributed by atoms with Gasteiger partial charge >= 0.3 is 0 Å². The number of hydrogen-bond donors (Lipinski definition) is 1. The fraction of sp³-hybridized carbons (Fsp3) is 0.185. The number of pyridine rings is 1. The van der Waals surface area contributed by atoms with Crippen LogP contribution in [0.2, 0.25) is 0 Å². The average Bonchev–Trinajstić information content (AvgIpc) is 3.50. The van der Waals surface area contributed by atoms with Gasteiger partial charge in [-0.05, 0) is 53.8 Å². The smallest absolute Gasteiger partial charge is 0.272 e. The lowest BCUT2D eigenvalue weighted by Crippen LogP contribution is -2.32. The van der Waals surface area contributed by atoms with Gasteiger partial charge in [0.2, 0.25) is 0 Å². The van der Waals surface area contributed by atoms with Crippen LogP contribution in [0, 0.1) is 0 Å². The van der Waals surface area contributed by atoms with Crippen LogP contribution in [-0.2, 0) is 7.05 Å². The first kappa shape index (κ1) is 20.4. The van der Waals surface area contributed by atoms with E-state index in [0.29, 0.717) is 18.8 Å². The van der Waals surface area contributed by atoms with Gasteiger partial charge in [0.25, 0.3) is 5.91 Å². The quantitative estimate of drug-likeness (QED) is 0.438. The van der Waals surface area contributed by atoms with Gasteiger partial charge in [0, 0.05) is 67.7 Å². The Hall–Kier alpha value is -4.26. The van der Waals surface area contributed by atoms with Crippen LogP contribution < -0.4 is 5.32 Å². The Morgan fingerprint density at radius 1 is 1.00 bits per heavy atom. The minimum Gasteiger partial charge on any atom is -0.380 e. The Morgan fingerprint density at radius 2 is 1.91 bits per heavy atom. The standard InChI is InChI=1S/C27H24N6O/c1-32-12-7-18-5-6-19(14-25(18)32)22-15-21(16-24-26(22)30-11-10-29-24)31-20-8-13-33(17-20)27(34)23-4-2-3-9-28-23/h2-7,9-12,14-16,20,31H,8,13,17H2,1H3/t20-/m0/s1. The molecule has 34 heavy (non-hydrogen) atoms. The molecule has 1 N–H and O–H groups in total. The zero-order valence-electron chi connectivity index (χ0n) is 18.8. The van der Waals surface area contributed by atoms with E-state index < -0.39 is 0 Å². The molecule has 0 unspecified atom stereocenters. The molecule has 5 aromatic rings. The van der Waals surface area contributed by atoms with E-state index in [1.54, 1.807) is 24.7 Å². The van der Waals surface area contributed by atoms with E-state index in [-0.39, 0.29) is 11.9 Å². The molecule has 0 saturated carbocycles. The summed E-state index contributed by atoms with van der Waals surface area (Å²) in [6, 6.07) is 18.4. The zero-order chi connectivity index (χ0) is 23.1. The minimum atomic E-state index is -0.0224. The molecule has 4 heterocycles. The van der Waals surface area contributed by atoms with Crippen molar-refractivity contribution in [2.45, 2.75) is 12.5 Å². The van der Waals surface area contributed by atoms with Crippen molar-refractivity contribution in [2.24, 2.45) is 7.05 Å². The number of aryl methyl sites for hydroxylation is 1. The number of anilines is 1. The second-order valence-corrected chi connectivity index (χ2v) is 8.74. The van der Waals surface area contributed by atoms with E-state index in [1.807, 2.05) is 23.1 Å². The Morgan fingerprint density at radius 3 is 2.79 bits per heavy atom. The van der Waals surface area contributed by atoms with Crippen LogP contribution >= 0.6 is 0 Å². The van der Waals surface area contributed by atoms with E-state index >= 15 is 0 Å². The van der Waals surface area contributed by atoms with Crippen molar-refractivity contribution in [1.29, 1.82) is 0 Å². The monoisotopic (exact) mass is 448 g/mol. The maximum Gasteiger partial charge on any atom is 0.272 e. The molecule has 168 valence electrons. The summed E-state index contributed by atoms with van der Waals surface area (Å²) in [5, 5.41) is 4.84. The molecule has 2 aromatic carbocycles. The summed E-state index contributed by atoms with van der Waals surface area (Å²) in [6.07, 6.45) is 8.06. The molecular weight excluding hydrogens is 424 g/mol. The summed E-state index contributed by atoms with van der Waals surface area (Å²) in [5.41, 5.74) is 6.49. The molecule has 1 aliphatic heterocycles. The van der Waals surface area contributed by atoms with Crippen LogP contribution in [0.15, 0.2) is 79.4 Å². The highest BCUT2D eigenvalue weighted by Crippen LogP contribution is 2.33. The number of fused-ring (bicyclic) bond motifs is 2. The number of benzene rings is 2. The highest BCUT2D eigenvalue weighted by Gasteiger charge is 2.27. The van der Waals surface area contributed by atoms with Crippen molar-refractivity contribution in [1.82, 2.24) is 24.4 Å². The SMILES string of the molecule is Cn1ccc2ccc(-c3cc(N[C@H]4CCN(C(=O)c5ccccn5)C4)cc4nccnc34)cc21. The summed E-state index contributed by atoms with van der Waals surface area (Å²) < 4.78 is 2.13. The largest absolute Gasteiger partial charge is 0.380 e. The predicted molar refractivity (Wildman–Crippen MR) is 134 cm³/mol. The van der Waals surface area contributed by atoms with Gasteiger partial charge in [-0.15, -0.1) is 0 Å². The van der Waals surface area contributed by atoms with Crippen molar-refractivity contribution < 1.29 is 4.79 Å². The van der Waals surface area contributed by atoms with E-state index in [0.717, 1.165) is 34.3 Å². The van der Waals surface area contributed by atoms with Crippen molar-refractivity contribution in [3.8, 4) is 11.1 Å². The summed E-state index contributed by atoms with van der Waals surface area (Å²) in [5.74, 6) is -0.0224. The molecule has 1 aliphatic rings. The highest BCUT2D eigenvalue weighted by molar-refractivity contribution is 5.97. The maximum atomic E-state index is 12.8. The van der Waals surface area contributed by atoms with Gasteiger partial charge in [-0.25, -0.2) is 0 Å². The van der Waals surface area contributed by atoms with E-state index in [9.17, 15) is 4.79 Å². The fourth-order valence-corrected chi connectivity index (χ4v) is 4.76. The summed E-state index contributed by atoms with van der Waals surface area (Å²) >= 11 is 0. The highest BCUT2D eigenvalue weighted by atomic mass is 16.2. The van der Waals surface area contributed by atoms with Crippen LogP contribution in [0.3, 0.4) is 0 Å². The van der Waals surface area contributed by atoms with E-state index in [2.05, 4.69) is 68.4 Å². The predicted octanol–water partition coefficient (Wildman–Crippen LogP) is 4.51. The van der Waals surface area contributed by atoms with Gasteiger partial charge in [-0.3, -0.25) is 19.7 Å². The number of aromatic nitrogens is 4. The molecule has 0 bridgehead atoms. The van der Waals surface area contributed by atoms with Gasteiger partial charge < -0.3 is 14.8 Å². The topological polar surface area (TPSA) is 75.9 Å². The van der Waals surface area contributed by atoms with Crippen molar-refractivity contribution in [2.75, 3.05) is 18.4 Å². The number of carbonyl (C=O) groups excluding carboxylic acids is 1. The molecule has 6 rings (SSSR count). The van der Waals surface area contributed by atoms with Gasteiger partial charge in [0.15, 0.2) is 0 Å². The minimum absolute atomic E-state index is 0.0224. The van der Waals surface area contributed by atoms with E-state index in [1.165, 1.54) is 10.9 Å². The normalized spacial score (nSPS) is 15.8. The molecular formula is C27H24N6O. The molecule has 0 aliphatic carbocycles. The molecule has 1 atom stereocenters. The third kappa shape index (κ3) is 3.65. The molecule has 0 spiro atoms. The lowest BCUT2D eigenvalue weighted by Gasteiger charge is -2.18. The van der Waals surface area contributed by atoms with Gasteiger partial charge in [0.05, 0.1) is 11.0 Å². The molecule has 3 aromatic heterocycles. The second-order valence-electron chi connectivity index (χ2n) is 8.74. The first-order chi connectivity index (χ1) is 16.7. The number of nitrogens with one attached hydrogen (secondary N) is 1. The molecule has 1 saturated heterocycles. The number of hydrogen-bond acceptors (Lipinski definition) is 5. The van der Waals surface area contributed by atoms with Gasteiger partial charge in [-0.2, -0.15) is 0 Å². The second kappa shape index (κ2) is 8.26. The lowest BCUT2D eigenvalue weighted by atomic mass is 10.0. The van der Waals surface area contributed by atoms with Crippen molar-refractivity contribution >= 4 is 33.5 Å². The van der Waals surface area contributed by atoms with E-state index in [4.69, 9.17) is 0 Å². The summed E-state index contributed by atoms with van der Waals surface area (Å²) in [6.45, 7) is 1.34. The van der Waals surface area contributed by atoms with Gasteiger partial charge in [0.1, 0.15) is 5.69 Å². The fourth-order valence-electron chi connectivity index (χ4n) is 4.76. The van der Waals surface area contributed by atoms with Crippen LogP contribution in [0.4, 0.5) is 5.69 Å². The number of nitrogens with zero attached hydrogens (tertiary/aromatic N) is 5. The van der Waals surface area contributed by atoms with Crippen LogP contribution in [-0.4, -0.2) is 49.5 Å². The summed E-state index contributed by atoms with van der Waals surface area (Å²) in [4.78, 5) is 28.1. The Labute approximate surface area is 197 Å². The first-order valence-corrected chi connectivity index (χ1v) is 11.4. The van der Waals surface area contributed by atoms with Crippen LogP contribution in [0.25, 0.3) is 33.1 Å². The Kier molecular flexibility index (Phi) is 4.95.